The summed E-state index contributed by atoms with van der Waals surface area (Å²) >= 11 is 3.83. The first-order valence-electron chi connectivity index (χ1n) is 6.85. The summed E-state index contributed by atoms with van der Waals surface area (Å²) in [7, 11) is 0. The molecule has 2 heteroatoms. The minimum atomic E-state index is 0.406. The van der Waals surface area contributed by atoms with E-state index in [0.717, 1.165) is 25.2 Å². The number of aryl methyl sites for hydroxylation is 1. The quantitative estimate of drug-likeness (QED) is 0.691. The molecular weight excluding hydrogens is 288 g/mol. The highest BCUT2D eigenvalue weighted by Crippen LogP contribution is 2.35. The lowest BCUT2D eigenvalue weighted by Crippen LogP contribution is -2.09. The van der Waals surface area contributed by atoms with Gasteiger partial charge in [0.2, 0.25) is 0 Å². The van der Waals surface area contributed by atoms with Gasteiger partial charge in [0.15, 0.2) is 0 Å². The van der Waals surface area contributed by atoms with Crippen molar-refractivity contribution in [3.63, 3.8) is 0 Å². The largest absolute Gasteiger partial charge is 0.493 e. The highest BCUT2D eigenvalue weighted by molar-refractivity contribution is 9.09. The number of hydrogen-bond donors (Lipinski definition) is 0. The summed E-state index contributed by atoms with van der Waals surface area (Å²) < 4.78 is 5.66. The van der Waals surface area contributed by atoms with Gasteiger partial charge in [-0.05, 0) is 48.3 Å². The van der Waals surface area contributed by atoms with Crippen LogP contribution in [0.15, 0.2) is 18.2 Å². The summed E-state index contributed by atoms with van der Waals surface area (Å²) in [5.41, 5.74) is 3.17. The number of benzene rings is 1. The predicted molar refractivity (Wildman–Crippen MR) is 80.6 cm³/mol. The molecular formula is C16H23BrO. The molecule has 1 atom stereocenters. The number of halogens is 1. The second kappa shape index (κ2) is 5.64. The number of hydrogen-bond acceptors (Lipinski definition) is 1. The van der Waals surface area contributed by atoms with E-state index in [4.69, 9.17) is 4.74 Å². The van der Waals surface area contributed by atoms with Crippen LogP contribution in [-0.4, -0.2) is 6.61 Å². The van der Waals surface area contributed by atoms with Gasteiger partial charge in [-0.3, -0.25) is 0 Å². The average molecular weight is 311 g/mol. The number of alkyl halides is 1. The molecule has 1 aliphatic heterocycles. The molecule has 0 saturated heterocycles. The van der Waals surface area contributed by atoms with E-state index in [1.165, 1.54) is 24.0 Å². The molecule has 0 aliphatic carbocycles. The minimum absolute atomic E-state index is 0.406. The summed E-state index contributed by atoms with van der Waals surface area (Å²) in [6.45, 7) is 7.77. The standard InChI is InChI=1S/C16H23BrO/c1-16(2,3)9-8-14(17)12-6-7-15-13(11-12)5-4-10-18-15/h6-7,11,14H,4-5,8-10H2,1-3H3. The van der Waals surface area contributed by atoms with Gasteiger partial charge in [0.25, 0.3) is 0 Å². The van der Waals surface area contributed by atoms with E-state index in [0.29, 0.717) is 10.2 Å². The molecule has 1 aliphatic rings. The summed E-state index contributed by atoms with van der Waals surface area (Å²) in [5, 5.41) is 0. The zero-order valence-corrected chi connectivity index (χ0v) is 13.2. The molecule has 1 unspecified atom stereocenters. The van der Waals surface area contributed by atoms with Gasteiger partial charge in [0, 0.05) is 4.83 Å². The monoisotopic (exact) mass is 310 g/mol. The average Bonchev–Trinajstić information content (AvgIpc) is 2.34. The molecule has 0 aromatic heterocycles. The Morgan fingerprint density at radius 3 is 2.83 bits per heavy atom. The van der Waals surface area contributed by atoms with Crippen LogP contribution in [0.1, 0.15) is 56.0 Å². The molecule has 100 valence electrons. The van der Waals surface area contributed by atoms with E-state index in [2.05, 4.69) is 54.9 Å². The molecule has 0 saturated carbocycles. The van der Waals surface area contributed by atoms with E-state index in [9.17, 15) is 0 Å². The Kier molecular flexibility index (Phi) is 4.37. The first kappa shape index (κ1) is 13.9. The van der Waals surface area contributed by atoms with E-state index >= 15 is 0 Å². The van der Waals surface area contributed by atoms with Crippen molar-refractivity contribution in [2.75, 3.05) is 6.61 Å². The molecule has 0 amide bonds. The van der Waals surface area contributed by atoms with Crippen LogP contribution in [0.3, 0.4) is 0 Å². The number of rotatable bonds is 3. The summed E-state index contributed by atoms with van der Waals surface area (Å²) in [6.07, 6.45) is 4.72. The first-order valence-corrected chi connectivity index (χ1v) is 7.77. The molecule has 0 bridgehead atoms. The molecule has 1 aromatic carbocycles. The topological polar surface area (TPSA) is 9.23 Å². The van der Waals surface area contributed by atoms with E-state index < -0.39 is 0 Å². The van der Waals surface area contributed by atoms with Crippen LogP contribution in [0.5, 0.6) is 5.75 Å². The lowest BCUT2D eigenvalue weighted by molar-refractivity contribution is 0.288. The van der Waals surface area contributed by atoms with Gasteiger partial charge in [0.1, 0.15) is 5.75 Å². The molecule has 1 nitrogen and oxygen atoms in total. The van der Waals surface area contributed by atoms with Crippen molar-refractivity contribution < 1.29 is 4.74 Å². The van der Waals surface area contributed by atoms with E-state index in [1.54, 1.807) is 0 Å². The SMILES string of the molecule is CC(C)(C)CCC(Br)c1ccc2c(c1)CCCO2. The molecule has 0 fully saturated rings. The van der Waals surface area contributed by atoms with Crippen LogP contribution in [0.25, 0.3) is 0 Å². The van der Waals surface area contributed by atoms with Crippen molar-refractivity contribution in [2.45, 2.75) is 51.3 Å². The maximum absolute atomic E-state index is 5.66. The van der Waals surface area contributed by atoms with Gasteiger partial charge in [-0.25, -0.2) is 0 Å². The fourth-order valence-electron chi connectivity index (χ4n) is 2.30. The Morgan fingerprint density at radius 2 is 2.11 bits per heavy atom. The normalized spacial score (nSPS) is 16.9. The van der Waals surface area contributed by atoms with Crippen LogP contribution in [0.2, 0.25) is 0 Å². The lowest BCUT2D eigenvalue weighted by atomic mass is 9.88. The van der Waals surface area contributed by atoms with Crippen LogP contribution in [-0.2, 0) is 6.42 Å². The second-order valence-corrected chi connectivity index (χ2v) is 7.49. The van der Waals surface area contributed by atoms with Gasteiger partial charge >= 0.3 is 0 Å². The van der Waals surface area contributed by atoms with Crippen molar-refractivity contribution in [1.29, 1.82) is 0 Å². The molecule has 0 spiro atoms. The predicted octanol–water partition coefficient (Wildman–Crippen LogP) is 5.27. The van der Waals surface area contributed by atoms with Gasteiger partial charge < -0.3 is 4.74 Å². The van der Waals surface area contributed by atoms with E-state index in [-0.39, 0.29) is 0 Å². The van der Waals surface area contributed by atoms with Gasteiger partial charge in [-0.1, -0.05) is 48.8 Å². The van der Waals surface area contributed by atoms with Gasteiger partial charge in [-0.2, -0.15) is 0 Å². The van der Waals surface area contributed by atoms with Crippen LogP contribution in [0, 0.1) is 5.41 Å². The van der Waals surface area contributed by atoms with Crippen molar-refractivity contribution in [2.24, 2.45) is 5.41 Å². The van der Waals surface area contributed by atoms with Crippen LogP contribution >= 0.6 is 15.9 Å². The second-order valence-electron chi connectivity index (χ2n) is 6.39. The van der Waals surface area contributed by atoms with Crippen molar-refractivity contribution >= 4 is 15.9 Å². The zero-order chi connectivity index (χ0) is 13.2. The Balaban J connectivity index is 2.04. The number of fused-ring (bicyclic) bond motifs is 1. The third kappa shape index (κ3) is 3.74. The zero-order valence-electron chi connectivity index (χ0n) is 11.6. The Hall–Kier alpha value is -0.500. The fraction of sp³-hybridized carbons (Fsp3) is 0.625. The third-order valence-corrected chi connectivity index (χ3v) is 4.43. The van der Waals surface area contributed by atoms with Crippen molar-refractivity contribution in [3.05, 3.63) is 29.3 Å². The van der Waals surface area contributed by atoms with Crippen LogP contribution in [0.4, 0.5) is 0 Å². The minimum Gasteiger partial charge on any atom is -0.493 e. The summed E-state index contributed by atoms with van der Waals surface area (Å²) in [5.74, 6) is 1.08. The highest BCUT2D eigenvalue weighted by atomic mass is 79.9. The molecule has 0 N–H and O–H groups in total. The molecule has 1 heterocycles. The van der Waals surface area contributed by atoms with E-state index in [1.807, 2.05) is 0 Å². The Labute approximate surface area is 119 Å². The maximum atomic E-state index is 5.66. The van der Waals surface area contributed by atoms with Crippen molar-refractivity contribution in [1.82, 2.24) is 0 Å². The smallest absolute Gasteiger partial charge is 0.122 e. The summed E-state index contributed by atoms with van der Waals surface area (Å²) in [4.78, 5) is 0.462. The summed E-state index contributed by atoms with van der Waals surface area (Å²) in [6, 6.07) is 6.65. The Morgan fingerprint density at radius 1 is 1.33 bits per heavy atom. The first-order chi connectivity index (χ1) is 8.46. The molecule has 0 radical (unpaired) electrons. The van der Waals surface area contributed by atoms with Gasteiger partial charge in [0.05, 0.1) is 6.61 Å². The Bertz CT molecular complexity index is 406. The molecule has 1 aromatic rings. The third-order valence-electron chi connectivity index (χ3n) is 3.44. The lowest BCUT2D eigenvalue weighted by Gasteiger charge is -2.22. The van der Waals surface area contributed by atoms with Crippen LogP contribution < -0.4 is 4.74 Å². The van der Waals surface area contributed by atoms with Gasteiger partial charge in [-0.15, -0.1) is 0 Å². The fourth-order valence-corrected chi connectivity index (χ4v) is 2.82. The molecule has 18 heavy (non-hydrogen) atoms. The number of ether oxygens (including phenoxy) is 1. The maximum Gasteiger partial charge on any atom is 0.122 e. The van der Waals surface area contributed by atoms with Crippen molar-refractivity contribution in [3.8, 4) is 5.75 Å². The highest BCUT2D eigenvalue weighted by Gasteiger charge is 2.17. The molecule has 2 rings (SSSR count).